The molecule has 0 aliphatic rings. The molecule has 0 aliphatic carbocycles. The number of halogens is 1. The fourth-order valence-electron chi connectivity index (χ4n) is 0.934. The standard InChI is InChI=1S/C9H13ClN2O2S/c1-7-4-5-8(10)6-9(7)11-15(13,14)12(2)3/h4-6,11H,1-3H3. The van der Waals surface area contributed by atoms with E-state index in [9.17, 15) is 8.42 Å². The Kier molecular flexibility index (Phi) is 3.59. The highest BCUT2D eigenvalue weighted by Gasteiger charge is 2.14. The summed E-state index contributed by atoms with van der Waals surface area (Å²) in [5.41, 5.74) is 1.32. The summed E-state index contributed by atoms with van der Waals surface area (Å²) in [5.74, 6) is 0. The molecular weight excluding hydrogens is 236 g/mol. The lowest BCUT2D eigenvalue weighted by atomic mass is 10.2. The molecule has 0 spiro atoms. The average Bonchev–Trinajstić information content (AvgIpc) is 2.10. The zero-order valence-electron chi connectivity index (χ0n) is 8.78. The topological polar surface area (TPSA) is 49.4 Å². The van der Waals surface area contributed by atoms with E-state index in [0.717, 1.165) is 9.87 Å². The monoisotopic (exact) mass is 248 g/mol. The van der Waals surface area contributed by atoms with Gasteiger partial charge in [0.2, 0.25) is 0 Å². The molecule has 1 N–H and O–H groups in total. The predicted molar refractivity (Wildman–Crippen MR) is 62.4 cm³/mol. The summed E-state index contributed by atoms with van der Waals surface area (Å²) in [5, 5.41) is 0.497. The first-order valence-corrected chi connectivity index (χ1v) is 6.11. The molecule has 6 heteroatoms. The number of nitrogens with one attached hydrogen (secondary N) is 1. The van der Waals surface area contributed by atoms with Crippen LogP contribution in [0.25, 0.3) is 0 Å². The van der Waals surface area contributed by atoms with Crippen molar-refractivity contribution in [2.75, 3.05) is 18.8 Å². The van der Waals surface area contributed by atoms with Crippen LogP contribution in [0.5, 0.6) is 0 Å². The van der Waals surface area contributed by atoms with Crippen molar-refractivity contribution in [3.05, 3.63) is 28.8 Å². The van der Waals surface area contributed by atoms with Crippen LogP contribution in [-0.2, 0) is 10.2 Å². The summed E-state index contributed by atoms with van der Waals surface area (Å²) in [6.07, 6.45) is 0. The van der Waals surface area contributed by atoms with Gasteiger partial charge >= 0.3 is 10.2 Å². The Labute approximate surface area is 95.0 Å². The summed E-state index contributed by atoms with van der Waals surface area (Å²) in [4.78, 5) is 0. The first-order chi connectivity index (χ1) is 6.83. The van der Waals surface area contributed by atoms with Gasteiger partial charge in [-0.2, -0.15) is 12.7 Å². The maximum Gasteiger partial charge on any atom is 0.301 e. The van der Waals surface area contributed by atoms with E-state index < -0.39 is 10.2 Å². The van der Waals surface area contributed by atoms with E-state index in [1.54, 1.807) is 18.2 Å². The van der Waals surface area contributed by atoms with Crippen molar-refractivity contribution in [2.24, 2.45) is 0 Å². The van der Waals surface area contributed by atoms with Gasteiger partial charge in [-0.3, -0.25) is 4.72 Å². The zero-order valence-corrected chi connectivity index (χ0v) is 10.4. The summed E-state index contributed by atoms with van der Waals surface area (Å²) >= 11 is 5.78. The van der Waals surface area contributed by atoms with Crippen molar-refractivity contribution in [1.82, 2.24) is 4.31 Å². The molecule has 0 saturated heterocycles. The lowest BCUT2D eigenvalue weighted by molar-refractivity contribution is 0.527. The maximum absolute atomic E-state index is 11.5. The summed E-state index contributed by atoms with van der Waals surface area (Å²) in [6, 6.07) is 5.05. The van der Waals surface area contributed by atoms with Gasteiger partial charge in [-0.25, -0.2) is 0 Å². The molecule has 1 aromatic rings. The van der Waals surface area contributed by atoms with Crippen LogP contribution in [-0.4, -0.2) is 26.8 Å². The molecule has 0 fully saturated rings. The van der Waals surface area contributed by atoms with Crippen LogP contribution in [0.3, 0.4) is 0 Å². The Bertz CT molecular complexity index is 457. The number of rotatable bonds is 3. The van der Waals surface area contributed by atoms with Gasteiger partial charge in [0.05, 0.1) is 5.69 Å². The van der Waals surface area contributed by atoms with Crippen LogP contribution < -0.4 is 4.72 Å². The molecule has 1 rings (SSSR count). The molecule has 0 aliphatic heterocycles. The molecule has 0 amide bonds. The molecule has 0 unspecified atom stereocenters. The lowest BCUT2D eigenvalue weighted by Gasteiger charge is -2.15. The second-order valence-corrected chi connectivity index (χ2v) is 5.67. The van der Waals surface area contributed by atoms with Crippen molar-refractivity contribution in [1.29, 1.82) is 0 Å². The molecule has 0 atom stereocenters. The van der Waals surface area contributed by atoms with Crippen molar-refractivity contribution < 1.29 is 8.42 Å². The van der Waals surface area contributed by atoms with E-state index in [1.807, 2.05) is 6.92 Å². The Balaban J connectivity index is 3.05. The van der Waals surface area contributed by atoms with Gasteiger partial charge in [-0.15, -0.1) is 0 Å². The molecule has 84 valence electrons. The van der Waals surface area contributed by atoms with Gasteiger partial charge in [0.25, 0.3) is 0 Å². The fraction of sp³-hybridized carbons (Fsp3) is 0.333. The molecule has 4 nitrogen and oxygen atoms in total. The van der Waals surface area contributed by atoms with Crippen LogP contribution in [0.2, 0.25) is 5.02 Å². The van der Waals surface area contributed by atoms with Crippen LogP contribution in [0.1, 0.15) is 5.56 Å². The van der Waals surface area contributed by atoms with E-state index >= 15 is 0 Å². The molecule has 1 aromatic carbocycles. The number of hydrogen-bond donors (Lipinski definition) is 1. The number of hydrogen-bond acceptors (Lipinski definition) is 2. The SMILES string of the molecule is Cc1ccc(Cl)cc1NS(=O)(=O)N(C)C. The van der Waals surface area contributed by atoms with Crippen LogP contribution in [0, 0.1) is 6.92 Å². The van der Waals surface area contributed by atoms with E-state index in [4.69, 9.17) is 11.6 Å². The number of anilines is 1. The summed E-state index contributed by atoms with van der Waals surface area (Å²) < 4.78 is 26.6. The molecule has 0 saturated carbocycles. The Morgan fingerprint density at radius 1 is 1.33 bits per heavy atom. The average molecular weight is 249 g/mol. The van der Waals surface area contributed by atoms with Crippen molar-refractivity contribution in [2.45, 2.75) is 6.92 Å². The highest BCUT2D eigenvalue weighted by atomic mass is 35.5. The van der Waals surface area contributed by atoms with Gasteiger partial charge in [0, 0.05) is 19.1 Å². The smallest absolute Gasteiger partial charge is 0.271 e. The van der Waals surface area contributed by atoms with Gasteiger partial charge in [0.1, 0.15) is 0 Å². The van der Waals surface area contributed by atoms with Crippen molar-refractivity contribution >= 4 is 27.5 Å². The Morgan fingerprint density at radius 3 is 2.47 bits per heavy atom. The second-order valence-electron chi connectivity index (χ2n) is 3.35. The molecular formula is C9H13ClN2O2S. The predicted octanol–water partition coefficient (Wildman–Crippen LogP) is 1.87. The van der Waals surface area contributed by atoms with Crippen molar-refractivity contribution in [3.8, 4) is 0 Å². The third-order valence-electron chi connectivity index (χ3n) is 1.92. The van der Waals surface area contributed by atoms with E-state index in [0.29, 0.717) is 10.7 Å². The molecule has 0 heterocycles. The van der Waals surface area contributed by atoms with E-state index in [-0.39, 0.29) is 0 Å². The Hall–Kier alpha value is -0.780. The minimum atomic E-state index is -3.47. The van der Waals surface area contributed by atoms with Gasteiger partial charge < -0.3 is 0 Å². The fourth-order valence-corrected chi connectivity index (χ4v) is 1.79. The number of aryl methyl sites for hydroxylation is 1. The molecule has 0 radical (unpaired) electrons. The highest BCUT2D eigenvalue weighted by Crippen LogP contribution is 2.21. The third kappa shape index (κ3) is 3.09. The second kappa shape index (κ2) is 4.38. The van der Waals surface area contributed by atoms with Crippen LogP contribution in [0.15, 0.2) is 18.2 Å². The normalized spacial score (nSPS) is 11.8. The number of nitrogens with zero attached hydrogens (tertiary/aromatic N) is 1. The zero-order chi connectivity index (χ0) is 11.6. The maximum atomic E-state index is 11.5. The highest BCUT2D eigenvalue weighted by molar-refractivity contribution is 7.90. The largest absolute Gasteiger partial charge is 0.301 e. The lowest BCUT2D eigenvalue weighted by Crippen LogP contribution is -2.29. The van der Waals surface area contributed by atoms with Crippen LogP contribution in [0.4, 0.5) is 5.69 Å². The summed E-state index contributed by atoms with van der Waals surface area (Å²) in [6.45, 7) is 1.81. The van der Waals surface area contributed by atoms with Crippen LogP contribution >= 0.6 is 11.6 Å². The van der Waals surface area contributed by atoms with Gasteiger partial charge in [0.15, 0.2) is 0 Å². The quantitative estimate of drug-likeness (QED) is 0.888. The van der Waals surface area contributed by atoms with Gasteiger partial charge in [-0.05, 0) is 24.6 Å². The minimum absolute atomic E-state index is 0.496. The van der Waals surface area contributed by atoms with E-state index in [2.05, 4.69) is 4.72 Å². The molecule has 15 heavy (non-hydrogen) atoms. The number of benzene rings is 1. The summed E-state index contributed by atoms with van der Waals surface area (Å²) in [7, 11) is -0.545. The van der Waals surface area contributed by atoms with Gasteiger partial charge in [-0.1, -0.05) is 17.7 Å². The molecule has 0 aromatic heterocycles. The third-order valence-corrected chi connectivity index (χ3v) is 3.59. The first-order valence-electron chi connectivity index (χ1n) is 4.29. The first kappa shape index (κ1) is 12.3. The minimum Gasteiger partial charge on any atom is -0.271 e. The van der Waals surface area contributed by atoms with Crippen molar-refractivity contribution in [3.63, 3.8) is 0 Å². The Morgan fingerprint density at radius 2 is 1.93 bits per heavy atom. The molecule has 0 bridgehead atoms. The van der Waals surface area contributed by atoms with E-state index in [1.165, 1.54) is 14.1 Å².